The summed E-state index contributed by atoms with van der Waals surface area (Å²) < 4.78 is 5.84. The number of urea groups is 1. The normalized spacial score (nSPS) is 17.5. The Bertz CT molecular complexity index is 629. The summed E-state index contributed by atoms with van der Waals surface area (Å²) in [5, 5.41) is 5.03. The molecule has 2 aromatic rings. The average molecular weight is 317 g/mol. The van der Waals surface area contributed by atoms with Gasteiger partial charge < -0.3 is 15.0 Å². The van der Waals surface area contributed by atoms with Gasteiger partial charge in [-0.2, -0.15) is 0 Å². The number of nitrogens with zero attached hydrogens (tertiary/aromatic N) is 2. The molecule has 5 nitrogen and oxygen atoms in total. The first-order valence-corrected chi connectivity index (χ1v) is 8.23. The zero-order chi connectivity index (χ0) is 15.4. The summed E-state index contributed by atoms with van der Waals surface area (Å²) in [7, 11) is 0. The molecule has 2 amide bonds. The summed E-state index contributed by atoms with van der Waals surface area (Å²) in [6.45, 7) is 3.99. The number of amides is 2. The van der Waals surface area contributed by atoms with Gasteiger partial charge in [0.1, 0.15) is 11.9 Å². The van der Waals surface area contributed by atoms with E-state index in [2.05, 4.69) is 23.3 Å². The van der Waals surface area contributed by atoms with Crippen LogP contribution in [0.1, 0.15) is 16.9 Å². The highest BCUT2D eigenvalue weighted by atomic mass is 32.1. The molecule has 0 spiro atoms. The lowest BCUT2D eigenvalue weighted by Crippen LogP contribution is -2.39. The number of thiophene rings is 1. The quantitative estimate of drug-likeness (QED) is 0.943. The van der Waals surface area contributed by atoms with E-state index >= 15 is 0 Å². The zero-order valence-corrected chi connectivity index (χ0v) is 13.3. The lowest BCUT2D eigenvalue weighted by molar-refractivity contribution is 0.186. The molecule has 0 saturated carbocycles. The molecule has 0 radical (unpaired) electrons. The van der Waals surface area contributed by atoms with Crippen LogP contribution >= 0.6 is 11.3 Å². The van der Waals surface area contributed by atoms with Gasteiger partial charge in [-0.05, 0) is 36.1 Å². The first kappa shape index (κ1) is 14.8. The van der Waals surface area contributed by atoms with Gasteiger partial charge in [0.2, 0.25) is 0 Å². The summed E-state index contributed by atoms with van der Waals surface area (Å²) >= 11 is 1.67. The predicted octanol–water partition coefficient (Wildman–Crippen LogP) is 2.81. The number of pyridine rings is 1. The van der Waals surface area contributed by atoms with E-state index in [1.807, 2.05) is 22.4 Å². The van der Waals surface area contributed by atoms with Crippen LogP contribution < -0.4 is 10.1 Å². The number of hydrogen-bond donors (Lipinski definition) is 1. The van der Waals surface area contributed by atoms with Gasteiger partial charge in [-0.15, -0.1) is 11.3 Å². The first-order valence-electron chi connectivity index (χ1n) is 7.35. The van der Waals surface area contributed by atoms with Gasteiger partial charge in [0.05, 0.1) is 19.3 Å². The highest BCUT2D eigenvalue weighted by molar-refractivity contribution is 7.10. The summed E-state index contributed by atoms with van der Waals surface area (Å²) in [6.07, 6.45) is 4.30. The van der Waals surface area contributed by atoms with Crippen LogP contribution in [0.25, 0.3) is 0 Å². The fourth-order valence-electron chi connectivity index (χ4n) is 2.47. The fourth-order valence-corrected chi connectivity index (χ4v) is 3.32. The predicted molar refractivity (Wildman–Crippen MR) is 86.1 cm³/mol. The van der Waals surface area contributed by atoms with Crippen molar-refractivity contribution in [2.24, 2.45) is 0 Å². The Morgan fingerprint density at radius 2 is 2.45 bits per heavy atom. The van der Waals surface area contributed by atoms with Crippen molar-refractivity contribution in [3.8, 4) is 5.75 Å². The molecular formula is C16H19N3O2S. The third-order valence-electron chi connectivity index (χ3n) is 3.74. The molecule has 2 aromatic heterocycles. The van der Waals surface area contributed by atoms with Crippen molar-refractivity contribution in [3.63, 3.8) is 0 Å². The van der Waals surface area contributed by atoms with Crippen molar-refractivity contribution in [2.75, 3.05) is 13.1 Å². The average Bonchev–Trinajstić information content (AvgIpc) is 3.15. The molecule has 0 bridgehead atoms. The number of ether oxygens (including phenoxy) is 1. The van der Waals surface area contributed by atoms with Gasteiger partial charge in [-0.1, -0.05) is 0 Å². The molecule has 1 N–H and O–H groups in total. The van der Waals surface area contributed by atoms with Crippen LogP contribution in [0.3, 0.4) is 0 Å². The van der Waals surface area contributed by atoms with Crippen molar-refractivity contribution in [3.05, 3.63) is 46.4 Å². The number of likely N-dealkylation sites (tertiary alicyclic amines) is 1. The molecule has 0 aliphatic carbocycles. The summed E-state index contributed by atoms with van der Waals surface area (Å²) in [4.78, 5) is 19.2. The Morgan fingerprint density at radius 1 is 1.55 bits per heavy atom. The summed E-state index contributed by atoms with van der Waals surface area (Å²) in [5.74, 6) is 0.754. The van der Waals surface area contributed by atoms with Gasteiger partial charge in [-0.3, -0.25) is 4.98 Å². The Morgan fingerprint density at radius 3 is 3.18 bits per heavy atom. The molecule has 0 aromatic carbocycles. The van der Waals surface area contributed by atoms with Gasteiger partial charge >= 0.3 is 6.03 Å². The number of nitrogens with one attached hydrogen (secondary N) is 1. The van der Waals surface area contributed by atoms with Crippen molar-refractivity contribution >= 4 is 17.4 Å². The molecule has 1 fully saturated rings. The smallest absolute Gasteiger partial charge is 0.317 e. The molecule has 1 aliphatic rings. The minimum absolute atomic E-state index is 0.0231. The number of rotatable bonds is 4. The van der Waals surface area contributed by atoms with Crippen molar-refractivity contribution in [1.82, 2.24) is 15.2 Å². The maximum absolute atomic E-state index is 12.2. The molecule has 1 atom stereocenters. The lowest BCUT2D eigenvalue weighted by Gasteiger charge is -2.17. The van der Waals surface area contributed by atoms with Crippen molar-refractivity contribution < 1.29 is 9.53 Å². The van der Waals surface area contributed by atoms with Gasteiger partial charge in [-0.25, -0.2) is 4.79 Å². The van der Waals surface area contributed by atoms with Crippen LogP contribution in [-0.4, -0.2) is 35.1 Å². The number of carbonyl (C=O) groups is 1. The van der Waals surface area contributed by atoms with Crippen LogP contribution in [0.2, 0.25) is 0 Å². The van der Waals surface area contributed by atoms with Gasteiger partial charge in [0, 0.05) is 24.0 Å². The van der Waals surface area contributed by atoms with E-state index in [4.69, 9.17) is 4.74 Å². The molecule has 3 heterocycles. The largest absolute Gasteiger partial charge is 0.487 e. The molecule has 3 rings (SSSR count). The number of hydrogen-bond acceptors (Lipinski definition) is 4. The molecular weight excluding hydrogens is 298 g/mol. The standard InChI is InChI=1S/C16H19N3O2S/c1-12-5-8-22-15(12)10-18-16(20)19-7-4-14(11-19)21-13-3-2-6-17-9-13/h2-3,5-6,8-9,14H,4,7,10-11H2,1H3,(H,18,20). The van der Waals surface area contributed by atoms with E-state index in [-0.39, 0.29) is 12.1 Å². The lowest BCUT2D eigenvalue weighted by atomic mass is 10.3. The zero-order valence-electron chi connectivity index (χ0n) is 12.5. The Hall–Kier alpha value is -2.08. The maximum Gasteiger partial charge on any atom is 0.317 e. The highest BCUT2D eigenvalue weighted by Crippen LogP contribution is 2.18. The Balaban J connectivity index is 1.47. The van der Waals surface area contributed by atoms with E-state index < -0.39 is 0 Å². The SMILES string of the molecule is Cc1ccsc1CNC(=O)N1CCC(Oc2cccnc2)C1. The van der Waals surface area contributed by atoms with Crippen LogP contribution in [0.4, 0.5) is 4.79 Å². The Labute approximate surface area is 133 Å². The number of aromatic nitrogens is 1. The van der Waals surface area contributed by atoms with Crippen molar-refractivity contribution in [2.45, 2.75) is 26.0 Å². The molecule has 1 saturated heterocycles. The minimum atomic E-state index is -0.0231. The second-order valence-corrected chi connectivity index (χ2v) is 6.35. The van der Waals surface area contributed by atoms with Crippen LogP contribution in [-0.2, 0) is 6.54 Å². The summed E-state index contributed by atoms with van der Waals surface area (Å²) in [5.41, 5.74) is 1.23. The van der Waals surface area contributed by atoms with Gasteiger partial charge in [0.15, 0.2) is 0 Å². The highest BCUT2D eigenvalue weighted by Gasteiger charge is 2.27. The third-order valence-corrected chi connectivity index (χ3v) is 4.76. The molecule has 6 heteroatoms. The van der Waals surface area contributed by atoms with Crippen LogP contribution in [0.5, 0.6) is 5.75 Å². The summed E-state index contributed by atoms with van der Waals surface area (Å²) in [6, 6.07) is 5.78. The second kappa shape index (κ2) is 6.79. The Kier molecular flexibility index (Phi) is 4.58. The molecule has 1 aliphatic heterocycles. The van der Waals surface area contributed by atoms with E-state index in [9.17, 15) is 4.79 Å². The number of aryl methyl sites for hydroxylation is 1. The third kappa shape index (κ3) is 3.57. The van der Waals surface area contributed by atoms with Crippen molar-refractivity contribution in [1.29, 1.82) is 0 Å². The van der Waals surface area contributed by atoms with E-state index in [0.717, 1.165) is 18.7 Å². The molecule has 22 heavy (non-hydrogen) atoms. The van der Waals surface area contributed by atoms with E-state index in [0.29, 0.717) is 13.1 Å². The first-order chi connectivity index (χ1) is 10.7. The molecule has 1 unspecified atom stereocenters. The van der Waals surface area contributed by atoms with E-state index in [1.54, 1.807) is 23.7 Å². The fraction of sp³-hybridized carbons (Fsp3) is 0.375. The second-order valence-electron chi connectivity index (χ2n) is 5.35. The topological polar surface area (TPSA) is 54.5 Å². The van der Waals surface area contributed by atoms with E-state index in [1.165, 1.54) is 10.4 Å². The van der Waals surface area contributed by atoms with Crippen LogP contribution in [0.15, 0.2) is 36.0 Å². The maximum atomic E-state index is 12.2. The van der Waals surface area contributed by atoms with Gasteiger partial charge in [0.25, 0.3) is 0 Å². The number of carbonyl (C=O) groups excluding carboxylic acids is 1. The van der Waals surface area contributed by atoms with Crippen LogP contribution in [0, 0.1) is 6.92 Å². The monoisotopic (exact) mass is 317 g/mol. The molecule has 116 valence electrons. The minimum Gasteiger partial charge on any atom is -0.487 e.